The van der Waals surface area contributed by atoms with Crippen molar-refractivity contribution in [1.82, 2.24) is 20.2 Å². The van der Waals surface area contributed by atoms with Crippen molar-refractivity contribution < 1.29 is 0 Å². The fourth-order valence-electron chi connectivity index (χ4n) is 3.27. The second-order valence-electron chi connectivity index (χ2n) is 5.73. The van der Waals surface area contributed by atoms with Gasteiger partial charge in [-0.2, -0.15) is 10.1 Å². The van der Waals surface area contributed by atoms with E-state index in [0.29, 0.717) is 17.0 Å². The molecular formula is C16H17N5O. The second-order valence-corrected chi connectivity index (χ2v) is 5.73. The van der Waals surface area contributed by atoms with Gasteiger partial charge in [0.2, 0.25) is 5.95 Å². The third-order valence-corrected chi connectivity index (χ3v) is 4.38. The normalized spacial score (nSPS) is 18.2. The maximum Gasteiger partial charge on any atom is 0.263 e. The molecule has 0 spiro atoms. The molecule has 0 radical (unpaired) electrons. The monoisotopic (exact) mass is 295 g/mol. The minimum Gasteiger partial charge on any atom is -0.335 e. The number of aromatic nitrogens is 4. The average Bonchev–Trinajstić information content (AvgIpc) is 3.16. The maximum absolute atomic E-state index is 12.1. The van der Waals surface area contributed by atoms with Gasteiger partial charge in [-0.1, -0.05) is 24.3 Å². The first-order valence-corrected chi connectivity index (χ1v) is 7.49. The summed E-state index contributed by atoms with van der Waals surface area (Å²) in [7, 11) is 0. The molecule has 112 valence electrons. The van der Waals surface area contributed by atoms with Crippen LogP contribution in [0.1, 0.15) is 30.0 Å². The SMILES string of the molecule is Cc1ccccc1[C@@H]1CCCN1c1nc2[nH]ncc2c(=O)[nH]1. The first kappa shape index (κ1) is 13.1. The van der Waals surface area contributed by atoms with Crippen molar-refractivity contribution in [3.8, 4) is 0 Å². The van der Waals surface area contributed by atoms with Gasteiger partial charge >= 0.3 is 0 Å². The molecule has 0 unspecified atom stereocenters. The van der Waals surface area contributed by atoms with Crippen molar-refractivity contribution in [2.24, 2.45) is 0 Å². The number of H-pyrrole nitrogens is 2. The maximum atomic E-state index is 12.1. The van der Waals surface area contributed by atoms with Gasteiger partial charge in [-0.3, -0.25) is 14.9 Å². The lowest BCUT2D eigenvalue weighted by Gasteiger charge is -2.26. The summed E-state index contributed by atoms with van der Waals surface area (Å²) in [4.78, 5) is 21.8. The van der Waals surface area contributed by atoms with E-state index in [1.807, 2.05) is 0 Å². The van der Waals surface area contributed by atoms with Crippen molar-refractivity contribution in [3.63, 3.8) is 0 Å². The van der Waals surface area contributed by atoms with Crippen LogP contribution in [-0.2, 0) is 0 Å². The number of nitrogens with zero attached hydrogens (tertiary/aromatic N) is 3. The summed E-state index contributed by atoms with van der Waals surface area (Å²) < 4.78 is 0. The Kier molecular flexibility index (Phi) is 2.96. The Morgan fingerprint density at radius 2 is 2.18 bits per heavy atom. The van der Waals surface area contributed by atoms with E-state index in [9.17, 15) is 4.79 Å². The molecule has 3 aromatic rings. The van der Waals surface area contributed by atoms with Gasteiger partial charge in [-0.25, -0.2) is 0 Å². The van der Waals surface area contributed by atoms with Crippen LogP contribution < -0.4 is 10.5 Å². The average molecular weight is 295 g/mol. The fraction of sp³-hybridized carbons (Fsp3) is 0.312. The molecule has 6 heteroatoms. The van der Waals surface area contributed by atoms with Gasteiger partial charge in [0.25, 0.3) is 5.56 Å². The number of benzene rings is 1. The van der Waals surface area contributed by atoms with E-state index in [0.717, 1.165) is 19.4 Å². The van der Waals surface area contributed by atoms with E-state index in [1.54, 1.807) is 0 Å². The lowest BCUT2D eigenvalue weighted by Crippen LogP contribution is -2.27. The molecule has 1 saturated heterocycles. The summed E-state index contributed by atoms with van der Waals surface area (Å²) in [6.45, 7) is 3.02. The van der Waals surface area contributed by atoms with Gasteiger partial charge in [0.15, 0.2) is 5.65 Å². The van der Waals surface area contributed by atoms with E-state index in [2.05, 4.69) is 56.3 Å². The van der Waals surface area contributed by atoms with Crippen molar-refractivity contribution in [1.29, 1.82) is 0 Å². The summed E-state index contributed by atoms with van der Waals surface area (Å²) in [5.41, 5.74) is 2.95. The molecule has 1 atom stereocenters. The smallest absolute Gasteiger partial charge is 0.263 e. The zero-order valence-corrected chi connectivity index (χ0v) is 12.3. The first-order valence-electron chi connectivity index (χ1n) is 7.49. The third kappa shape index (κ3) is 1.99. The Hall–Kier alpha value is -2.63. The molecule has 6 nitrogen and oxygen atoms in total. The molecule has 0 aliphatic carbocycles. The summed E-state index contributed by atoms with van der Waals surface area (Å²) in [6, 6.07) is 8.65. The molecule has 4 rings (SSSR count). The predicted octanol–water partition coefficient (Wildman–Crippen LogP) is 2.30. The quantitative estimate of drug-likeness (QED) is 0.760. The Morgan fingerprint density at radius 3 is 3.05 bits per heavy atom. The number of aryl methyl sites for hydroxylation is 1. The van der Waals surface area contributed by atoms with Crippen LogP contribution in [0.3, 0.4) is 0 Å². The predicted molar refractivity (Wildman–Crippen MR) is 85.0 cm³/mol. The summed E-state index contributed by atoms with van der Waals surface area (Å²) in [5.74, 6) is 0.618. The van der Waals surface area contributed by atoms with Gasteiger partial charge in [0.1, 0.15) is 5.39 Å². The van der Waals surface area contributed by atoms with Crippen LogP contribution in [0.4, 0.5) is 5.95 Å². The molecule has 0 amide bonds. The zero-order chi connectivity index (χ0) is 15.1. The van der Waals surface area contributed by atoms with E-state index in [1.165, 1.54) is 17.3 Å². The molecular weight excluding hydrogens is 278 g/mol. The molecule has 3 heterocycles. The first-order chi connectivity index (χ1) is 10.7. The van der Waals surface area contributed by atoms with Crippen LogP contribution >= 0.6 is 0 Å². The van der Waals surface area contributed by atoms with Gasteiger partial charge in [0, 0.05) is 6.54 Å². The standard InChI is InChI=1S/C16H17N5O/c1-10-5-2-3-6-11(10)13-7-4-8-21(13)16-18-14-12(9-17-20-14)15(22)19-16/h2-3,5-6,9,13H,4,7-8H2,1H3,(H2,17,18,19,20,22)/t13-/m0/s1. The third-order valence-electron chi connectivity index (χ3n) is 4.38. The van der Waals surface area contributed by atoms with Gasteiger partial charge in [-0.05, 0) is 30.9 Å². The highest BCUT2D eigenvalue weighted by Crippen LogP contribution is 2.35. The van der Waals surface area contributed by atoms with E-state index < -0.39 is 0 Å². The Bertz CT molecular complexity index is 881. The Morgan fingerprint density at radius 1 is 1.32 bits per heavy atom. The number of fused-ring (bicyclic) bond motifs is 1. The molecule has 1 fully saturated rings. The number of rotatable bonds is 2. The van der Waals surface area contributed by atoms with Crippen molar-refractivity contribution in [2.75, 3.05) is 11.4 Å². The highest BCUT2D eigenvalue weighted by Gasteiger charge is 2.29. The second kappa shape index (κ2) is 4.98. The Labute approximate surface area is 127 Å². The largest absolute Gasteiger partial charge is 0.335 e. The molecule has 2 N–H and O–H groups in total. The lowest BCUT2D eigenvalue weighted by atomic mass is 9.99. The van der Waals surface area contributed by atoms with Crippen LogP contribution in [0.15, 0.2) is 35.3 Å². The number of nitrogens with one attached hydrogen (secondary N) is 2. The van der Waals surface area contributed by atoms with Crippen LogP contribution in [-0.4, -0.2) is 26.7 Å². The van der Waals surface area contributed by atoms with E-state index >= 15 is 0 Å². The van der Waals surface area contributed by atoms with E-state index in [-0.39, 0.29) is 11.6 Å². The fourth-order valence-corrected chi connectivity index (χ4v) is 3.27. The summed E-state index contributed by atoms with van der Waals surface area (Å²) in [6.07, 6.45) is 3.66. The highest BCUT2D eigenvalue weighted by atomic mass is 16.1. The van der Waals surface area contributed by atoms with Gasteiger partial charge in [0.05, 0.1) is 12.2 Å². The lowest BCUT2D eigenvalue weighted by molar-refractivity contribution is 0.697. The van der Waals surface area contributed by atoms with Crippen LogP contribution in [0.25, 0.3) is 11.0 Å². The topological polar surface area (TPSA) is 77.7 Å². The minimum absolute atomic E-state index is 0.149. The van der Waals surface area contributed by atoms with Crippen molar-refractivity contribution in [2.45, 2.75) is 25.8 Å². The van der Waals surface area contributed by atoms with Crippen LogP contribution in [0.5, 0.6) is 0 Å². The van der Waals surface area contributed by atoms with Crippen LogP contribution in [0, 0.1) is 6.92 Å². The zero-order valence-electron chi connectivity index (χ0n) is 12.3. The molecule has 2 aromatic heterocycles. The Balaban J connectivity index is 1.79. The summed E-state index contributed by atoms with van der Waals surface area (Å²) in [5, 5.41) is 7.17. The number of hydrogen-bond donors (Lipinski definition) is 2. The molecule has 22 heavy (non-hydrogen) atoms. The molecule has 1 aliphatic heterocycles. The van der Waals surface area contributed by atoms with Crippen molar-refractivity contribution >= 4 is 17.0 Å². The highest BCUT2D eigenvalue weighted by molar-refractivity contribution is 5.73. The van der Waals surface area contributed by atoms with Crippen LogP contribution in [0.2, 0.25) is 0 Å². The van der Waals surface area contributed by atoms with Gasteiger partial charge < -0.3 is 4.90 Å². The minimum atomic E-state index is -0.149. The molecule has 0 bridgehead atoms. The molecule has 1 aliphatic rings. The summed E-state index contributed by atoms with van der Waals surface area (Å²) >= 11 is 0. The number of hydrogen-bond acceptors (Lipinski definition) is 4. The number of aromatic amines is 2. The van der Waals surface area contributed by atoms with Crippen molar-refractivity contribution in [3.05, 3.63) is 51.9 Å². The molecule has 1 aromatic carbocycles. The number of anilines is 1. The van der Waals surface area contributed by atoms with Gasteiger partial charge in [-0.15, -0.1) is 0 Å². The molecule has 0 saturated carbocycles. The van der Waals surface area contributed by atoms with E-state index in [4.69, 9.17) is 0 Å².